The molecule has 2 aromatic carbocycles. The van der Waals surface area contributed by atoms with Crippen LogP contribution in [0.5, 0.6) is 0 Å². The number of quaternary nitrogens is 1. The van der Waals surface area contributed by atoms with Crippen LogP contribution < -0.4 is 10.4 Å². The smallest absolute Gasteiger partial charge is 0.337 e. The van der Waals surface area contributed by atoms with Gasteiger partial charge in [0.25, 0.3) is 0 Å². The van der Waals surface area contributed by atoms with Gasteiger partial charge in [0.15, 0.2) is 0 Å². The van der Waals surface area contributed by atoms with Crippen LogP contribution >= 0.6 is 0 Å². The molecular weight excluding hydrogens is 497 g/mol. The maximum Gasteiger partial charge on any atom is 0.337 e. The first-order valence-electron chi connectivity index (χ1n) is 12.8. The number of likely N-dealkylation sites (N-methyl/N-ethyl adjacent to an activating group) is 1. The lowest BCUT2D eigenvalue weighted by Crippen LogP contribution is -2.56. The molecule has 0 radical (unpaired) electrons. The van der Waals surface area contributed by atoms with Crippen LogP contribution in [0.3, 0.4) is 0 Å². The number of carbonyl (C=O) groups excluding carboxylic acids is 2. The summed E-state index contributed by atoms with van der Waals surface area (Å²) in [7, 11) is -2.30. The summed E-state index contributed by atoms with van der Waals surface area (Å²) in [6.07, 6.45) is 2.67. The van der Waals surface area contributed by atoms with Crippen LogP contribution in [0, 0.1) is 0 Å². The molecule has 0 fully saturated rings. The predicted molar refractivity (Wildman–Crippen MR) is 157 cm³/mol. The van der Waals surface area contributed by atoms with E-state index in [9.17, 15) is 9.59 Å². The Bertz CT molecular complexity index is 1040. The molecule has 0 spiro atoms. The van der Waals surface area contributed by atoms with Gasteiger partial charge in [-0.15, -0.1) is 0 Å². The van der Waals surface area contributed by atoms with Crippen molar-refractivity contribution in [1.82, 2.24) is 4.90 Å². The van der Waals surface area contributed by atoms with Crippen molar-refractivity contribution in [3.8, 4) is 0 Å². The molecule has 0 saturated carbocycles. The zero-order valence-corrected chi connectivity index (χ0v) is 25.1. The minimum absolute atomic E-state index is 0.0948. The Morgan fingerprint density at radius 3 is 1.73 bits per heavy atom. The van der Waals surface area contributed by atoms with Crippen LogP contribution in [-0.4, -0.2) is 84.3 Å². The molecule has 2 rings (SSSR count). The molecule has 2 amide bonds. The standard InChI is InChI=1S/C29H43N2O4Si2/c1-8-28(32)30(21-24-34-36(4,5)26-16-12-10-13-17-26)20-22-31(3,29(33)9-2)23-25-35-37(6,7)27-18-14-11-15-19-27/h8-19H,1-2,20-25H2,3-7H3/q+1. The number of nitrogens with zero attached hydrogens (tertiary/aromatic N) is 2. The zero-order chi connectivity index (χ0) is 27.5. The summed E-state index contributed by atoms with van der Waals surface area (Å²) in [5.74, 6) is -0.267. The number of amides is 2. The molecule has 200 valence electrons. The summed E-state index contributed by atoms with van der Waals surface area (Å²) in [5.41, 5.74) is 0. The van der Waals surface area contributed by atoms with Crippen LogP contribution in [-0.2, 0) is 18.4 Å². The third-order valence-electron chi connectivity index (χ3n) is 6.87. The van der Waals surface area contributed by atoms with E-state index < -0.39 is 16.6 Å². The van der Waals surface area contributed by atoms with E-state index in [1.54, 1.807) is 4.90 Å². The number of rotatable bonds is 15. The van der Waals surface area contributed by atoms with Gasteiger partial charge >= 0.3 is 5.91 Å². The number of hydrogen-bond acceptors (Lipinski definition) is 4. The summed E-state index contributed by atoms with van der Waals surface area (Å²) >= 11 is 0. The summed E-state index contributed by atoms with van der Waals surface area (Å²) in [4.78, 5) is 27.2. The molecule has 2 aromatic rings. The van der Waals surface area contributed by atoms with Crippen LogP contribution in [0.4, 0.5) is 0 Å². The van der Waals surface area contributed by atoms with Crippen molar-refractivity contribution in [2.24, 2.45) is 0 Å². The summed E-state index contributed by atoms with van der Waals surface area (Å²) in [6.45, 7) is 18.6. The van der Waals surface area contributed by atoms with E-state index in [2.05, 4.69) is 63.6 Å². The van der Waals surface area contributed by atoms with E-state index in [4.69, 9.17) is 8.85 Å². The summed E-state index contributed by atoms with van der Waals surface area (Å²) in [5, 5.41) is 2.42. The number of hydrogen-bond donors (Lipinski definition) is 0. The first-order chi connectivity index (χ1) is 17.4. The van der Waals surface area contributed by atoms with E-state index in [1.165, 1.54) is 22.5 Å². The minimum atomic E-state index is -2.09. The number of carbonyl (C=O) groups is 2. The van der Waals surface area contributed by atoms with Crippen molar-refractivity contribution in [3.63, 3.8) is 0 Å². The van der Waals surface area contributed by atoms with Crippen LogP contribution in [0.1, 0.15) is 0 Å². The van der Waals surface area contributed by atoms with Crippen molar-refractivity contribution < 1.29 is 22.9 Å². The molecule has 6 nitrogen and oxygen atoms in total. The Morgan fingerprint density at radius 2 is 1.27 bits per heavy atom. The highest BCUT2D eigenvalue weighted by Gasteiger charge is 2.33. The lowest BCUT2D eigenvalue weighted by atomic mass is 10.3. The quantitative estimate of drug-likeness (QED) is 0.198. The van der Waals surface area contributed by atoms with Crippen molar-refractivity contribution in [1.29, 1.82) is 0 Å². The fourth-order valence-corrected chi connectivity index (χ4v) is 7.64. The molecule has 1 atom stereocenters. The Balaban J connectivity index is 2.01. The Labute approximate surface area is 225 Å². The fraction of sp³-hybridized carbons (Fsp3) is 0.379. The van der Waals surface area contributed by atoms with Crippen LogP contribution in [0.15, 0.2) is 86.0 Å². The topological polar surface area (TPSA) is 55.8 Å². The molecule has 0 aliphatic carbocycles. The van der Waals surface area contributed by atoms with E-state index in [0.717, 1.165) is 0 Å². The highest BCUT2D eigenvalue weighted by Crippen LogP contribution is 2.11. The number of benzene rings is 2. The monoisotopic (exact) mass is 539 g/mol. The van der Waals surface area contributed by atoms with Gasteiger partial charge in [-0.1, -0.05) is 73.8 Å². The zero-order valence-electron chi connectivity index (χ0n) is 23.1. The second-order valence-electron chi connectivity index (χ2n) is 10.4. The lowest BCUT2D eigenvalue weighted by Gasteiger charge is -2.34. The lowest BCUT2D eigenvalue weighted by molar-refractivity contribution is -0.831. The van der Waals surface area contributed by atoms with Gasteiger partial charge in [0, 0.05) is 12.6 Å². The van der Waals surface area contributed by atoms with Crippen molar-refractivity contribution in [2.45, 2.75) is 26.2 Å². The third-order valence-corrected chi connectivity index (χ3v) is 12.2. The van der Waals surface area contributed by atoms with E-state index in [0.29, 0.717) is 39.4 Å². The van der Waals surface area contributed by atoms with Crippen molar-refractivity contribution in [3.05, 3.63) is 86.0 Å². The minimum Gasteiger partial charge on any atom is -0.411 e. The van der Waals surface area contributed by atoms with Gasteiger partial charge in [0.05, 0.1) is 26.8 Å². The van der Waals surface area contributed by atoms with E-state index in [1.807, 2.05) is 43.4 Å². The highest BCUT2D eigenvalue weighted by molar-refractivity contribution is 6.84. The molecule has 0 N–H and O–H groups in total. The molecule has 1 unspecified atom stereocenters. The average molecular weight is 540 g/mol. The van der Waals surface area contributed by atoms with Crippen molar-refractivity contribution in [2.75, 3.05) is 46.4 Å². The normalized spacial score (nSPS) is 13.4. The van der Waals surface area contributed by atoms with Gasteiger partial charge in [-0.2, -0.15) is 0 Å². The van der Waals surface area contributed by atoms with E-state index >= 15 is 0 Å². The Kier molecular flexibility index (Phi) is 11.4. The Hall–Kier alpha value is -2.63. The largest absolute Gasteiger partial charge is 0.411 e. The van der Waals surface area contributed by atoms with Crippen LogP contribution in [0.2, 0.25) is 26.2 Å². The molecule has 0 aromatic heterocycles. The summed E-state index contributed by atoms with van der Waals surface area (Å²) in [6, 6.07) is 20.4. The highest BCUT2D eigenvalue weighted by atomic mass is 28.4. The van der Waals surface area contributed by atoms with Gasteiger partial charge in [0.2, 0.25) is 22.5 Å². The molecular formula is C29H43N2O4Si2+. The van der Waals surface area contributed by atoms with Gasteiger partial charge in [-0.25, -0.2) is 4.79 Å². The SMILES string of the molecule is C=CC(=O)N(CCO[Si](C)(C)c1ccccc1)CC[N+](C)(CCO[Si](C)(C)c1ccccc1)C(=O)C=C. The van der Waals surface area contributed by atoms with Crippen molar-refractivity contribution >= 4 is 38.8 Å². The molecule has 0 aliphatic heterocycles. The van der Waals surface area contributed by atoms with Gasteiger partial charge in [-0.05, 0) is 42.6 Å². The van der Waals surface area contributed by atoms with Gasteiger partial charge < -0.3 is 13.8 Å². The second kappa shape index (κ2) is 13.8. The maximum absolute atomic E-state index is 12.9. The molecule has 0 bridgehead atoms. The first kappa shape index (κ1) is 30.6. The average Bonchev–Trinajstić information content (AvgIpc) is 2.90. The first-order valence-corrected chi connectivity index (χ1v) is 18.6. The third kappa shape index (κ3) is 9.01. The second-order valence-corrected chi connectivity index (χ2v) is 18.1. The molecule has 0 saturated heterocycles. The predicted octanol–water partition coefficient (Wildman–Crippen LogP) is 3.42. The fourth-order valence-electron chi connectivity index (χ4n) is 4.11. The Morgan fingerprint density at radius 1 is 0.784 bits per heavy atom. The van der Waals surface area contributed by atoms with E-state index in [-0.39, 0.29) is 16.3 Å². The molecule has 0 heterocycles. The molecule has 37 heavy (non-hydrogen) atoms. The van der Waals surface area contributed by atoms with Gasteiger partial charge in [0.1, 0.15) is 13.1 Å². The molecule has 8 heteroatoms. The summed E-state index contributed by atoms with van der Waals surface area (Å²) < 4.78 is 12.7. The maximum atomic E-state index is 12.9. The van der Waals surface area contributed by atoms with Crippen LogP contribution in [0.25, 0.3) is 0 Å². The molecule has 0 aliphatic rings. The van der Waals surface area contributed by atoms with Gasteiger partial charge in [-0.3, -0.25) is 9.28 Å².